The first-order valence-electron chi connectivity index (χ1n) is 3.66. The van der Waals surface area contributed by atoms with Gasteiger partial charge in [-0.2, -0.15) is 10.2 Å². The van der Waals surface area contributed by atoms with E-state index < -0.39 is 0 Å². The van der Waals surface area contributed by atoms with Gasteiger partial charge in [-0.05, 0) is 12.1 Å². The van der Waals surface area contributed by atoms with Crippen molar-refractivity contribution in [3.8, 4) is 0 Å². The average Bonchev–Trinajstić information content (AvgIpc) is 3.25. The van der Waals surface area contributed by atoms with E-state index in [-0.39, 0.29) is 0 Å². The van der Waals surface area contributed by atoms with Crippen molar-refractivity contribution in [2.24, 2.45) is 0 Å². The van der Waals surface area contributed by atoms with Crippen LogP contribution in [0.3, 0.4) is 0 Å². The van der Waals surface area contributed by atoms with Gasteiger partial charge in [-0.1, -0.05) is 0 Å². The fourth-order valence-corrected chi connectivity index (χ4v) is 0.430. The van der Waals surface area contributed by atoms with Crippen molar-refractivity contribution < 1.29 is 31.6 Å². The van der Waals surface area contributed by atoms with Crippen LogP contribution in [0.15, 0.2) is 36.9 Å². The van der Waals surface area contributed by atoms with Crippen LogP contribution in [0.5, 0.6) is 0 Å². The van der Waals surface area contributed by atoms with Gasteiger partial charge in [0, 0.05) is 24.8 Å². The third kappa shape index (κ3) is 36.5. The smallest absolute Gasteiger partial charge is 0.0487 e. The maximum Gasteiger partial charge on any atom is 0.0487 e. The van der Waals surface area contributed by atoms with Crippen molar-refractivity contribution in [3.05, 3.63) is 36.9 Å². The SMILES string of the molecule is [Br][Re].[C-]=O.[C-]=O.[CH-]=O.c1cn[nH]c1.c1cn[nH]c1. The van der Waals surface area contributed by atoms with E-state index in [1.165, 1.54) is 17.2 Å². The number of H-pyrrole nitrogens is 2. The summed E-state index contributed by atoms with van der Waals surface area (Å²) in [6.45, 7) is 12.2. The van der Waals surface area contributed by atoms with E-state index in [0.717, 1.165) is 0 Å². The molecule has 0 atom stereocenters. The maximum atomic E-state index is 7.75. The van der Waals surface area contributed by atoms with E-state index in [0.29, 0.717) is 0 Å². The number of nitrogens with one attached hydrogen (secondary N) is 2. The summed E-state index contributed by atoms with van der Waals surface area (Å²) in [7, 11) is 0. The van der Waals surface area contributed by atoms with E-state index in [4.69, 9.17) is 14.4 Å². The summed E-state index contributed by atoms with van der Waals surface area (Å²) in [6.07, 6.45) is 6.92. The van der Waals surface area contributed by atoms with Crippen molar-refractivity contribution in [2.75, 3.05) is 0 Å². The fraction of sp³-hybridized carbons (Fsp3) is 0. The number of hydrogen-bond donors (Lipinski definition) is 2. The number of nitrogens with zero attached hydrogens (tertiary/aromatic N) is 2. The van der Waals surface area contributed by atoms with E-state index >= 15 is 0 Å². The molecule has 0 aliphatic heterocycles. The van der Waals surface area contributed by atoms with Crippen LogP contribution in [0.4, 0.5) is 0 Å². The fourth-order valence-electron chi connectivity index (χ4n) is 0.430. The predicted molar refractivity (Wildman–Crippen MR) is 64.2 cm³/mol. The van der Waals surface area contributed by atoms with Gasteiger partial charge in [-0.15, -0.1) is 0 Å². The number of aromatic nitrogens is 4. The minimum Gasteiger partial charge on any atom is -0.573 e. The van der Waals surface area contributed by atoms with E-state index in [9.17, 15) is 0 Å². The molecule has 2 radical (unpaired) electrons. The average molecular weight is 487 g/mol. The van der Waals surface area contributed by atoms with Crippen LogP contribution in [0.25, 0.3) is 0 Å². The number of aromatic amines is 2. The van der Waals surface area contributed by atoms with Gasteiger partial charge in [0.2, 0.25) is 0 Å². The Morgan fingerprint density at radius 1 is 0.889 bits per heavy atom. The number of hydrogen-bond acceptors (Lipinski definition) is 5. The van der Waals surface area contributed by atoms with Crippen molar-refractivity contribution in [3.63, 3.8) is 0 Å². The van der Waals surface area contributed by atoms with E-state index in [2.05, 4.69) is 54.2 Å². The van der Waals surface area contributed by atoms with Gasteiger partial charge < -0.3 is 28.0 Å². The van der Waals surface area contributed by atoms with Crippen LogP contribution in [-0.2, 0) is 31.6 Å². The first kappa shape index (κ1) is 25.4. The molecule has 18 heavy (non-hydrogen) atoms. The largest absolute Gasteiger partial charge is 0.573 e. The molecule has 0 bridgehead atoms. The van der Waals surface area contributed by atoms with Crippen molar-refractivity contribution in [2.45, 2.75) is 0 Å². The second kappa shape index (κ2) is 45.0. The Morgan fingerprint density at radius 3 is 1.22 bits per heavy atom. The Hall–Kier alpha value is -1.43. The number of rotatable bonds is 0. The summed E-state index contributed by atoms with van der Waals surface area (Å²) < 4.78 is 0. The molecule has 2 aromatic heterocycles. The van der Waals surface area contributed by atoms with Gasteiger partial charge in [-0.3, -0.25) is 17.0 Å². The van der Waals surface area contributed by atoms with Crippen LogP contribution in [0.1, 0.15) is 0 Å². The standard InChI is InChI=1S/2C3H4N2.CHO.2CO.BrH.Re/c2*1-2-4-5-3-1;3*1-2;;/h2*1-3H,(H,4,5);1H;;;1H;/q;;3*-1;;+1/p-1. The zero-order valence-electron chi connectivity index (χ0n) is 8.92. The molecule has 0 amide bonds. The van der Waals surface area contributed by atoms with Crippen LogP contribution < -0.4 is 0 Å². The van der Waals surface area contributed by atoms with Gasteiger partial charge in [0.05, 0.1) is 0 Å². The van der Waals surface area contributed by atoms with Crippen molar-refractivity contribution in [1.29, 1.82) is 0 Å². The van der Waals surface area contributed by atoms with Gasteiger partial charge in [-0.25, -0.2) is 0 Å². The third-order valence-electron chi connectivity index (χ3n) is 0.812. The topological polar surface area (TPSA) is 109 Å². The minimum atomic E-state index is 1.53. The van der Waals surface area contributed by atoms with Gasteiger partial charge in [0.1, 0.15) is 0 Å². The second-order valence-electron chi connectivity index (χ2n) is 1.53. The predicted octanol–water partition coefficient (Wildman–Crippen LogP) is 0.594. The molecule has 0 aromatic carbocycles. The summed E-state index contributed by atoms with van der Waals surface area (Å²) in [5, 5.41) is 12.4. The normalized spacial score (nSPS) is 5.44. The molecule has 0 aliphatic rings. The van der Waals surface area contributed by atoms with E-state index in [1.807, 2.05) is 12.1 Å². The van der Waals surface area contributed by atoms with Gasteiger partial charge in [0.25, 0.3) is 0 Å². The number of halogens is 1. The molecular weight excluding hydrogens is 478 g/mol. The van der Waals surface area contributed by atoms with Crippen LogP contribution in [0.2, 0.25) is 0 Å². The summed E-state index contributed by atoms with van der Waals surface area (Å²) >= 11 is 4.53. The first-order chi connectivity index (χ1) is 9.00. The zero-order chi connectivity index (χ0) is 15.1. The number of carbonyl (C=O) groups excluding carboxylic acids is 3. The zero-order valence-corrected chi connectivity index (χ0v) is 13.2. The van der Waals surface area contributed by atoms with Gasteiger partial charge >= 0.3 is 30.6 Å². The monoisotopic (exact) mass is 487 g/mol. The molecule has 100 valence electrons. The quantitative estimate of drug-likeness (QED) is 0.418. The Bertz CT molecular complexity index is 206. The molecule has 0 aliphatic carbocycles. The Balaban J connectivity index is -0.0000000713. The van der Waals surface area contributed by atoms with Crippen molar-refractivity contribution in [1.82, 2.24) is 20.4 Å². The van der Waals surface area contributed by atoms with Crippen LogP contribution >= 0.6 is 13.4 Å². The molecule has 2 heterocycles. The third-order valence-corrected chi connectivity index (χ3v) is 0.812. The molecule has 2 aromatic rings. The molecule has 0 spiro atoms. The molecule has 2 N–H and O–H groups in total. The molecule has 2 rings (SSSR count). The van der Waals surface area contributed by atoms with Crippen LogP contribution in [0, 0.1) is 0 Å². The molecule has 0 fully saturated rings. The molecule has 0 saturated heterocycles. The molecule has 0 unspecified atom stereocenters. The summed E-state index contributed by atoms with van der Waals surface area (Å²) in [5.41, 5.74) is 0. The van der Waals surface area contributed by atoms with E-state index in [1.54, 1.807) is 24.8 Å². The summed E-state index contributed by atoms with van der Waals surface area (Å²) in [5.74, 6) is 0. The Kier molecular flexibility index (Phi) is 63.6. The van der Waals surface area contributed by atoms with Gasteiger partial charge in [0.15, 0.2) is 0 Å². The summed E-state index contributed by atoms with van der Waals surface area (Å²) in [4.78, 5) is 22.8. The first-order valence-corrected chi connectivity index (χ1v) is 9.59. The van der Waals surface area contributed by atoms with Crippen molar-refractivity contribution >= 4 is 33.8 Å². The van der Waals surface area contributed by atoms with Crippen LogP contribution in [-0.4, -0.2) is 40.8 Å². The molecular formula is C9H9BrN4O3Re-3. The second-order valence-corrected chi connectivity index (χ2v) is 1.53. The molecule has 0 saturated carbocycles. The summed E-state index contributed by atoms with van der Waals surface area (Å²) in [6, 6.07) is 3.67. The Morgan fingerprint density at radius 2 is 1.17 bits per heavy atom. The minimum absolute atomic E-state index is 1.53. The molecule has 9 heteroatoms. The maximum absolute atomic E-state index is 7.75. The molecule has 7 nitrogen and oxygen atoms in total. The Labute approximate surface area is 122 Å².